The zero-order chi connectivity index (χ0) is 13.8. The average Bonchev–Trinajstić information content (AvgIpc) is 2.84. The molecular formula is C13H13FN2O3. The second kappa shape index (κ2) is 5.51. The normalized spacial score (nSPS) is 14.4. The summed E-state index contributed by atoms with van der Waals surface area (Å²) in [6.45, 7) is 0. The van der Waals surface area contributed by atoms with Gasteiger partial charge in [-0.25, -0.2) is 14.0 Å². The van der Waals surface area contributed by atoms with Gasteiger partial charge in [-0.2, -0.15) is 0 Å². The smallest absolute Gasteiger partial charge is 0.335 e. The molecular weight excluding hydrogens is 251 g/mol. The molecule has 0 fully saturated rings. The Hall–Kier alpha value is -2.37. The maximum atomic E-state index is 13.5. The molecule has 0 heterocycles. The molecule has 0 radical (unpaired) electrons. The van der Waals surface area contributed by atoms with Crippen LogP contribution in [0.2, 0.25) is 0 Å². The molecule has 1 aliphatic rings. The SMILES string of the molecule is O=C(Nc1cc(C(=O)O)ccc1F)NC1CC=CC1. The number of benzene rings is 1. The van der Waals surface area contributed by atoms with Gasteiger partial charge in [0, 0.05) is 6.04 Å². The van der Waals surface area contributed by atoms with E-state index in [1.165, 1.54) is 0 Å². The van der Waals surface area contributed by atoms with Crippen molar-refractivity contribution in [1.82, 2.24) is 5.32 Å². The Bertz CT molecular complexity index is 535. The number of anilines is 1. The van der Waals surface area contributed by atoms with Crippen LogP contribution >= 0.6 is 0 Å². The van der Waals surface area contributed by atoms with Crippen molar-refractivity contribution in [2.24, 2.45) is 0 Å². The van der Waals surface area contributed by atoms with Crippen LogP contribution in [-0.4, -0.2) is 23.1 Å². The molecule has 6 heteroatoms. The first kappa shape index (κ1) is 13.1. The van der Waals surface area contributed by atoms with Crippen molar-refractivity contribution in [2.45, 2.75) is 18.9 Å². The highest BCUT2D eigenvalue weighted by atomic mass is 19.1. The first-order valence-corrected chi connectivity index (χ1v) is 5.81. The first-order valence-electron chi connectivity index (χ1n) is 5.81. The van der Waals surface area contributed by atoms with Crippen LogP contribution in [0.15, 0.2) is 30.4 Å². The lowest BCUT2D eigenvalue weighted by Crippen LogP contribution is -2.36. The summed E-state index contributed by atoms with van der Waals surface area (Å²) in [6, 6.07) is 2.70. The van der Waals surface area contributed by atoms with E-state index in [0.717, 1.165) is 31.0 Å². The first-order chi connectivity index (χ1) is 9.06. The van der Waals surface area contributed by atoms with Crippen LogP contribution in [0.5, 0.6) is 0 Å². The number of hydrogen-bond acceptors (Lipinski definition) is 2. The molecule has 0 aliphatic heterocycles. The molecule has 100 valence electrons. The van der Waals surface area contributed by atoms with Crippen LogP contribution in [0.4, 0.5) is 14.9 Å². The molecule has 1 aromatic carbocycles. The fourth-order valence-corrected chi connectivity index (χ4v) is 1.83. The average molecular weight is 264 g/mol. The monoisotopic (exact) mass is 264 g/mol. The Kier molecular flexibility index (Phi) is 3.79. The molecule has 0 saturated carbocycles. The van der Waals surface area contributed by atoms with Gasteiger partial charge in [0.1, 0.15) is 5.82 Å². The number of carboxylic acids is 1. The van der Waals surface area contributed by atoms with Crippen molar-refractivity contribution in [3.8, 4) is 0 Å². The Labute approximate surface area is 109 Å². The largest absolute Gasteiger partial charge is 0.478 e. The predicted octanol–water partition coefficient (Wildman–Crippen LogP) is 2.36. The van der Waals surface area contributed by atoms with Crippen LogP contribution < -0.4 is 10.6 Å². The van der Waals surface area contributed by atoms with Crippen LogP contribution in [0.25, 0.3) is 0 Å². The molecule has 3 N–H and O–H groups in total. The third kappa shape index (κ3) is 3.31. The Balaban J connectivity index is 2.03. The van der Waals surface area contributed by atoms with E-state index in [9.17, 15) is 14.0 Å². The highest BCUT2D eigenvalue weighted by molar-refractivity contribution is 5.93. The van der Waals surface area contributed by atoms with Gasteiger partial charge in [0.05, 0.1) is 11.3 Å². The quantitative estimate of drug-likeness (QED) is 0.733. The molecule has 1 aromatic rings. The number of hydrogen-bond donors (Lipinski definition) is 3. The molecule has 5 nitrogen and oxygen atoms in total. The number of carbonyl (C=O) groups excluding carboxylic acids is 1. The minimum atomic E-state index is -1.18. The minimum Gasteiger partial charge on any atom is -0.478 e. The lowest BCUT2D eigenvalue weighted by atomic mass is 10.2. The fraction of sp³-hybridized carbons (Fsp3) is 0.231. The number of urea groups is 1. The second-order valence-corrected chi connectivity index (χ2v) is 4.24. The van der Waals surface area contributed by atoms with E-state index in [0.29, 0.717) is 0 Å². The summed E-state index contributed by atoms with van der Waals surface area (Å²) in [7, 11) is 0. The van der Waals surface area contributed by atoms with Crippen LogP contribution in [0, 0.1) is 5.82 Å². The summed E-state index contributed by atoms with van der Waals surface area (Å²) in [5, 5.41) is 13.8. The molecule has 0 atom stereocenters. The van der Waals surface area contributed by atoms with Gasteiger partial charge in [0.15, 0.2) is 0 Å². The summed E-state index contributed by atoms with van der Waals surface area (Å²) in [5.74, 6) is -1.85. The second-order valence-electron chi connectivity index (χ2n) is 4.24. The third-order valence-electron chi connectivity index (χ3n) is 2.80. The van der Waals surface area contributed by atoms with Gasteiger partial charge in [-0.1, -0.05) is 12.2 Å². The van der Waals surface area contributed by atoms with Gasteiger partial charge in [0.2, 0.25) is 0 Å². The summed E-state index contributed by atoms with van der Waals surface area (Å²) in [4.78, 5) is 22.4. The number of amides is 2. The highest BCUT2D eigenvalue weighted by Gasteiger charge is 2.15. The Morgan fingerprint density at radius 2 is 1.95 bits per heavy atom. The van der Waals surface area contributed by atoms with Gasteiger partial charge in [-0.15, -0.1) is 0 Å². The van der Waals surface area contributed by atoms with Crippen LogP contribution in [0.1, 0.15) is 23.2 Å². The Morgan fingerprint density at radius 3 is 2.58 bits per heavy atom. The molecule has 0 saturated heterocycles. The summed E-state index contributed by atoms with van der Waals surface area (Å²) in [6.07, 6.45) is 5.39. The molecule has 2 amide bonds. The number of rotatable bonds is 3. The maximum absolute atomic E-state index is 13.5. The highest BCUT2D eigenvalue weighted by Crippen LogP contribution is 2.16. The summed E-state index contributed by atoms with van der Waals surface area (Å²) >= 11 is 0. The van der Waals surface area contributed by atoms with E-state index in [1.807, 2.05) is 12.2 Å². The molecule has 0 spiro atoms. The van der Waals surface area contributed by atoms with E-state index >= 15 is 0 Å². The predicted molar refractivity (Wildman–Crippen MR) is 67.7 cm³/mol. The van der Waals surface area contributed by atoms with Gasteiger partial charge in [-0.3, -0.25) is 0 Å². The van der Waals surface area contributed by atoms with Gasteiger partial charge in [-0.05, 0) is 31.0 Å². The number of carbonyl (C=O) groups is 2. The van der Waals surface area contributed by atoms with Crippen LogP contribution in [-0.2, 0) is 0 Å². The summed E-state index contributed by atoms with van der Waals surface area (Å²) < 4.78 is 13.5. The van der Waals surface area contributed by atoms with E-state index in [-0.39, 0.29) is 17.3 Å². The van der Waals surface area contributed by atoms with Gasteiger partial charge >= 0.3 is 12.0 Å². The molecule has 0 bridgehead atoms. The number of halogens is 1. The molecule has 1 aliphatic carbocycles. The van der Waals surface area contributed by atoms with Gasteiger partial charge in [0.25, 0.3) is 0 Å². The van der Waals surface area contributed by atoms with Crippen molar-refractivity contribution < 1.29 is 19.1 Å². The number of aromatic carboxylic acids is 1. The van der Waals surface area contributed by atoms with E-state index < -0.39 is 17.8 Å². The lowest BCUT2D eigenvalue weighted by molar-refractivity contribution is 0.0697. The molecule has 0 unspecified atom stereocenters. The van der Waals surface area contributed by atoms with E-state index in [4.69, 9.17) is 5.11 Å². The minimum absolute atomic E-state index is 0.00529. The fourth-order valence-electron chi connectivity index (χ4n) is 1.83. The summed E-state index contributed by atoms with van der Waals surface area (Å²) in [5.41, 5.74) is -0.234. The van der Waals surface area contributed by atoms with Crippen molar-refractivity contribution in [3.63, 3.8) is 0 Å². The number of nitrogens with one attached hydrogen (secondary N) is 2. The zero-order valence-corrected chi connectivity index (χ0v) is 10.0. The van der Waals surface area contributed by atoms with E-state index in [1.54, 1.807) is 0 Å². The van der Waals surface area contributed by atoms with Crippen molar-refractivity contribution in [2.75, 3.05) is 5.32 Å². The Morgan fingerprint density at radius 1 is 1.26 bits per heavy atom. The van der Waals surface area contributed by atoms with Gasteiger partial charge < -0.3 is 15.7 Å². The van der Waals surface area contributed by atoms with Crippen LogP contribution in [0.3, 0.4) is 0 Å². The third-order valence-corrected chi connectivity index (χ3v) is 2.80. The molecule has 2 rings (SSSR count). The van der Waals surface area contributed by atoms with Crippen molar-refractivity contribution in [3.05, 3.63) is 41.7 Å². The van der Waals surface area contributed by atoms with Crippen molar-refractivity contribution >= 4 is 17.7 Å². The van der Waals surface area contributed by atoms with E-state index in [2.05, 4.69) is 10.6 Å². The zero-order valence-electron chi connectivity index (χ0n) is 10.0. The molecule has 19 heavy (non-hydrogen) atoms. The maximum Gasteiger partial charge on any atom is 0.335 e. The van der Waals surface area contributed by atoms with Crippen molar-refractivity contribution in [1.29, 1.82) is 0 Å². The topological polar surface area (TPSA) is 78.4 Å². The number of carboxylic acid groups (broad SMARTS) is 1. The lowest BCUT2D eigenvalue weighted by Gasteiger charge is -2.13. The standard InChI is InChI=1S/C13H13FN2O3/c14-10-6-5-8(12(17)18)7-11(10)16-13(19)15-9-3-1-2-4-9/h1-2,5-7,9H,3-4H2,(H,17,18)(H2,15,16,19). The molecule has 0 aromatic heterocycles.